The van der Waals surface area contributed by atoms with Crippen molar-refractivity contribution < 1.29 is 4.74 Å². The summed E-state index contributed by atoms with van der Waals surface area (Å²) in [4.78, 5) is 0. The smallest absolute Gasteiger partial charge is 0.119 e. The van der Waals surface area contributed by atoms with Crippen LogP contribution >= 0.6 is 0 Å². The second-order valence-corrected chi connectivity index (χ2v) is 4.85. The third-order valence-electron chi connectivity index (χ3n) is 3.21. The average Bonchev–Trinajstić information content (AvgIpc) is 2.38. The van der Waals surface area contributed by atoms with Gasteiger partial charge in [0, 0.05) is 6.04 Å². The third kappa shape index (κ3) is 4.67. The Balaban J connectivity index is 2.63. The van der Waals surface area contributed by atoms with Crippen LogP contribution in [-0.4, -0.2) is 6.61 Å². The first-order chi connectivity index (χ1) is 8.71. The van der Waals surface area contributed by atoms with Gasteiger partial charge >= 0.3 is 0 Å². The van der Waals surface area contributed by atoms with Crippen molar-refractivity contribution in [2.75, 3.05) is 6.61 Å². The largest absolute Gasteiger partial charge is 0.494 e. The van der Waals surface area contributed by atoms with Crippen LogP contribution in [0.5, 0.6) is 5.75 Å². The molecule has 0 amide bonds. The second-order valence-electron chi connectivity index (χ2n) is 4.85. The van der Waals surface area contributed by atoms with E-state index in [1.165, 1.54) is 18.4 Å². The predicted octanol–water partition coefficient (Wildman–Crippen LogP) is 3.42. The Hall–Kier alpha value is -1.06. The van der Waals surface area contributed by atoms with Gasteiger partial charge in [-0.3, -0.25) is 11.3 Å². The quantitative estimate of drug-likeness (QED) is 0.549. The summed E-state index contributed by atoms with van der Waals surface area (Å²) in [7, 11) is 0. The maximum Gasteiger partial charge on any atom is 0.119 e. The molecule has 0 fully saturated rings. The first kappa shape index (κ1) is 15.0. The molecule has 0 heterocycles. The van der Waals surface area contributed by atoms with Gasteiger partial charge in [0.25, 0.3) is 0 Å². The predicted molar refractivity (Wildman–Crippen MR) is 76.4 cm³/mol. The number of rotatable bonds is 8. The molecule has 0 spiro atoms. The molecule has 1 rings (SSSR count). The number of hydrazine groups is 1. The minimum Gasteiger partial charge on any atom is -0.494 e. The summed E-state index contributed by atoms with van der Waals surface area (Å²) in [6, 6.07) is 8.42. The van der Waals surface area contributed by atoms with Gasteiger partial charge in [0.2, 0.25) is 0 Å². The normalized spacial score (nSPS) is 14.2. The molecule has 0 radical (unpaired) electrons. The molecule has 0 saturated heterocycles. The lowest BCUT2D eigenvalue weighted by atomic mass is 9.93. The molecule has 0 aliphatic rings. The zero-order chi connectivity index (χ0) is 13.4. The minimum atomic E-state index is 0.224. The molecule has 0 aliphatic carbocycles. The highest BCUT2D eigenvalue weighted by Crippen LogP contribution is 2.24. The van der Waals surface area contributed by atoms with E-state index in [1.807, 2.05) is 19.1 Å². The highest BCUT2D eigenvalue weighted by molar-refractivity contribution is 5.29. The topological polar surface area (TPSA) is 47.3 Å². The molecule has 0 aromatic heterocycles. The van der Waals surface area contributed by atoms with Gasteiger partial charge < -0.3 is 4.74 Å². The summed E-state index contributed by atoms with van der Waals surface area (Å²) < 4.78 is 5.44. The van der Waals surface area contributed by atoms with Crippen molar-refractivity contribution in [1.82, 2.24) is 5.43 Å². The highest BCUT2D eigenvalue weighted by Gasteiger charge is 2.13. The summed E-state index contributed by atoms with van der Waals surface area (Å²) in [6.45, 7) is 7.19. The Kier molecular flexibility index (Phi) is 6.76. The van der Waals surface area contributed by atoms with E-state index in [4.69, 9.17) is 10.6 Å². The van der Waals surface area contributed by atoms with Crippen LogP contribution < -0.4 is 16.0 Å². The van der Waals surface area contributed by atoms with E-state index in [1.54, 1.807) is 0 Å². The minimum absolute atomic E-state index is 0.224. The van der Waals surface area contributed by atoms with Gasteiger partial charge in [0.15, 0.2) is 0 Å². The highest BCUT2D eigenvalue weighted by atomic mass is 16.5. The molecular formula is C15H26N2O. The lowest BCUT2D eigenvalue weighted by Gasteiger charge is -2.20. The number of benzene rings is 1. The maximum absolute atomic E-state index is 5.66. The fourth-order valence-electron chi connectivity index (χ4n) is 2.28. The summed E-state index contributed by atoms with van der Waals surface area (Å²) in [5, 5.41) is 0. The van der Waals surface area contributed by atoms with E-state index >= 15 is 0 Å². The van der Waals surface area contributed by atoms with Crippen LogP contribution in [0.4, 0.5) is 0 Å². The van der Waals surface area contributed by atoms with E-state index in [2.05, 4.69) is 31.4 Å². The molecular weight excluding hydrogens is 224 g/mol. The van der Waals surface area contributed by atoms with E-state index in [0.717, 1.165) is 12.2 Å². The molecule has 1 aromatic rings. The van der Waals surface area contributed by atoms with E-state index in [-0.39, 0.29) is 6.04 Å². The molecule has 18 heavy (non-hydrogen) atoms. The second kappa shape index (κ2) is 8.11. The standard InChI is InChI=1S/C15H26N2O/c1-4-6-12(3)11-15(17-16)13-7-9-14(10-8-13)18-5-2/h7-10,12,15,17H,4-6,11,16H2,1-3H3. The van der Waals surface area contributed by atoms with Crippen molar-refractivity contribution >= 4 is 0 Å². The fraction of sp³-hybridized carbons (Fsp3) is 0.600. The van der Waals surface area contributed by atoms with Crippen LogP contribution in [0.2, 0.25) is 0 Å². The molecule has 2 atom stereocenters. The Morgan fingerprint density at radius 3 is 2.39 bits per heavy atom. The Bertz CT molecular complexity index is 324. The zero-order valence-corrected chi connectivity index (χ0v) is 11.8. The van der Waals surface area contributed by atoms with Crippen molar-refractivity contribution in [1.29, 1.82) is 0 Å². The van der Waals surface area contributed by atoms with Crippen molar-refractivity contribution in [2.45, 2.75) is 46.1 Å². The van der Waals surface area contributed by atoms with Gasteiger partial charge in [0.1, 0.15) is 5.75 Å². The van der Waals surface area contributed by atoms with E-state index in [0.29, 0.717) is 12.5 Å². The molecule has 1 aromatic carbocycles. The molecule has 0 bridgehead atoms. The van der Waals surface area contributed by atoms with E-state index in [9.17, 15) is 0 Å². The lowest BCUT2D eigenvalue weighted by molar-refractivity contribution is 0.339. The van der Waals surface area contributed by atoms with Crippen LogP contribution in [0, 0.1) is 5.92 Å². The molecule has 0 saturated carbocycles. The van der Waals surface area contributed by atoms with Crippen LogP contribution in [0.3, 0.4) is 0 Å². The van der Waals surface area contributed by atoms with Gasteiger partial charge in [-0.2, -0.15) is 0 Å². The van der Waals surface area contributed by atoms with Gasteiger partial charge in [-0.15, -0.1) is 0 Å². The summed E-state index contributed by atoms with van der Waals surface area (Å²) in [5.74, 6) is 7.26. The van der Waals surface area contributed by atoms with Crippen molar-refractivity contribution in [3.05, 3.63) is 29.8 Å². The van der Waals surface area contributed by atoms with Crippen LogP contribution in [0.1, 0.15) is 51.6 Å². The molecule has 2 unspecified atom stereocenters. The van der Waals surface area contributed by atoms with Crippen LogP contribution in [-0.2, 0) is 0 Å². The summed E-state index contributed by atoms with van der Waals surface area (Å²) in [5.41, 5.74) is 4.14. The molecule has 3 heteroatoms. The van der Waals surface area contributed by atoms with Crippen molar-refractivity contribution in [3.63, 3.8) is 0 Å². The molecule has 102 valence electrons. The molecule has 3 nitrogen and oxygen atoms in total. The van der Waals surface area contributed by atoms with Gasteiger partial charge in [-0.05, 0) is 37.0 Å². The number of nitrogens with two attached hydrogens (primary N) is 1. The third-order valence-corrected chi connectivity index (χ3v) is 3.21. The van der Waals surface area contributed by atoms with Gasteiger partial charge in [0.05, 0.1) is 6.61 Å². The number of ether oxygens (including phenoxy) is 1. The Morgan fingerprint density at radius 2 is 1.89 bits per heavy atom. The Morgan fingerprint density at radius 1 is 1.22 bits per heavy atom. The summed E-state index contributed by atoms with van der Waals surface area (Å²) >= 11 is 0. The SMILES string of the molecule is CCCC(C)CC(NN)c1ccc(OCC)cc1. The van der Waals surface area contributed by atoms with Gasteiger partial charge in [-0.25, -0.2) is 0 Å². The lowest BCUT2D eigenvalue weighted by Crippen LogP contribution is -2.29. The average molecular weight is 250 g/mol. The maximum atomic E-state index is 5.66. The summed E-state index contributed by atoms with van der Waals surface area (Å²) in [6.07, 6.45) is 3.54. The monoisotopic (exact) mass is 250 g/mol. The first-order valence-electron chi connectivity index (χ1n) is 6.90. The fourth-order valence-corrected chi connectivity index (χ4v) is 2.28. The first-order valence-corrected chi connectivity index (χ1v) is 6.90. The number of nitrogens with one attached hydrogen (secondary N) is 1. The zero-order valence-electron chi connectivity index (χ0n) is 11.8. The molecule has 0 aliphatic heterocycles. The number of hydrogen-bond donors (Lipinski definition) is 2. The van der Waals surface area contributed by atoms with Gasteiger partial charge in [-0.1, -0.05) is 38.8 Å². The van der Waals surface area contributed by atoms with Crippen LogP contribution in [0.15, 0.2) is 24.3 Å². The number of hydrogen-bond acceptors (Lipinski definition) is 3. The van der Waals surface area contributed by atoms with Crippen molar-refractivity contribution in [3.8, 4) is 5.75 Å². The van der Waals surface area contributed by atoms with E-state index < -0.39 is 0 Å². The van der Waals surface area contributed by atoms with Crippen molar-refractivity contribution in [2.24, 2.45) is 11.8 Å². The van der Waals surface area contributed by atoms with Crippen LogP contribution in [0.25, 0.3) is 0 Å². The molecule has 3 N–H and O–H groups in total. The Labute approximate surface area is 111 Å².